The molecule has 1 aliphatic carbocycles. The van der Waals surface area contributed by atoms with Gasteiger partial charge in [-0.15, -0.1) is 0 Å². The molecule has 1 aromatic heterocycles. The van der Waals surface area contributed by atoms with E-state index in [0.29, 0.717) is 6.04 Å². The molecule has 1 fully saturated rings. The Morgan fingerprint density at radius 1 is 1.54 bits per heavy atom. The molecule has 0 bridgehead atoms. The molecular weight excluding hydrogens is 166 g/mol. The van der Waals surface area contributed by atoms with Gasteiger partial charge in [0.2, 0.25) is 0 Å². The van der Waals surface area contributed by atoms with Gasteiger partial charge in [-0.1, -0.05) is 0 Å². The van der Waals surface area contributed by atoms with Crippen molar-refractivity contribution in [1.29, 1.82) is 0 Å². The summed E-state index contributed by atoms with van der Waals surface area (Å²) in [5.41, 5.74) is 0.137. The predicted molar refractivity (Wildman–Crippen MR) is 50.9 cm³/mol. The Morgan fingerprint density at radius 3 is 2.92 bits per heavy atom. The van der Waals surface area contributed by atoms with E-state index < -0.39 is 0 Å². The minimum atomic E-state index is 0.137. The summed E-state index contributed by atoms with van der Waals surface area (Å²) in [5, 5.41) is 3.03. The number of nitrogens with one attached hydrogen (secondary N) is 1. The van der Waals surface area contributed by atoms with Gasteiger partial charge in [0.15, 0.2) is 0 Å². The maximum atomic E-state index is 11.7. The average Bonchev–Trinajstić information content (AvgIpc) is 2.89. The van der Waals surface area contributed by atoms with E-state index in [1.807, 2.05) is 24.0 Å². The van der Waals surface area contributed by atoms with E-state index in [0.717, 1.165) is 25.9 Å². The highest BCUT2D eigenvalue weighted by molar-refractivity contribution is 4.91. The van der Waals surface area contributed by atoms with Crippen LogP contribution in [0, 0.1) is 0 Å². The quantitative estimate of drug-likeness (QED) is 0.721. The number of hydrogen-bond acceptors (Lipinski definition) is 2. The molecule has 0 amide bonds. The molecular formula is C9H15N3O. The van der Waals surface area contributed by atoms with Gasteiger partial charge in [-0.2, -0.15) is 0 Å². The van der Waals surface area contributed by atoms with Crippen LogP contribution in [0.1, 0.15) is 18.9 Å². The minimum absolute atomic E-state index is 0.137. The second-order valence-electron chi connectivity index (χ2n) is 3.52. The van der Waals surface area contributed by atoms with E-state index in [4.69, 9.17) is 0 Å². The van der Waals surface area contributed by atoms with Crippen molar-refractivity contribution >= 4 is 0 Å². The van der Waals surface area contributed by atoms with E-state index in [9.17, 15) is 4.79 Å². The van der Waals surface area contributed by atoms with Gasteiger partial charge in [0.25, 0.3) is 0 Å². The van der Waals surface area contributed by atoms with Crippen molar-refractivity contribution in [2.24, 2.45) is 0 Å². The number of nitrogens with zero attached hydrogens (tertiary/aromatic N) is 2. The SMILES string of the molecule is CNCCn1ccn(C2CC2)c1=O. The van der Waals surface area contributed by atoms with Crippen LogP contribution in [0.4, 0.5) is 0 Å². The van der Waals surface area contributed by atoms with Gasteiger partial charge >= 0.3 is 5.69 Å². The molecule has 0 aromatic carbocycles. The van der Waals surface area contributed by atoms with Crippen LogP contribution in [0.2, 0.25) is 0 Å². The average molecular weight is 181 g/mol. The Hall–Kier alpha value is -1.03. The van der Waals surface area contributed by atoms with Crippen molar-refractivity contribution in [3.63, 3.8) is 0 Å². The zero-order valence-corrected chi connectivity index (χ0v) is 7.86. The largest absolute Gasteiger partial charge is 0.328 e. The third-order valence-electron chi connectivity index (χ3n) is 2.42. The topological polar surface area (TPSA) is 39.0 Å². The lowest BCUT2D eigenvalue weighted by Crippen LogP contribution is -2.27. The molecule has 4 nitrogen and oxygen atoms in total. The Balaban J connectivity index is 2.13. The van der Waals surface area contributed by atoms with Gasteiger partial charge in [0.05, 0.1) is 0 Å². The van der Waals surface area contributed by atoms with E-state index in [1.54, 1.807) is 4.57 Å². The molecule has 1 aliphatic rings. The second-order valence-corrected chi connectivity index (χ2v) is 3.52. The maximum Gasteiger partial charge on any atom is 0.328 e. The van der Waals surface area contributed by atoms with Crippen molar-refractivity contribution < 1.29 is 0 Å². The fourth-order valence-corrected chi connectivity index (χ4v) is 1.46. The molecule has 1 saturated carbocycles. The number of likely N-dealkylation sites (N-methyl/N-ethyl adjacent to an activating group) is 1. The number of imidazole rings is 1. The van der Waals surface area contributed by atoms with Gasteiger partial charge in [-0.25, -0.2) is 4.79 Å². The van der Waals surface area contributed by atoms with Crippen LogP contribution in [0.5, 0.6) is 0 Å². The molecule has 0 aliphatic heterocycles. The molecule has 0 unspecified atom stereocenters. The van der Waals surface area contributed by atoms with E-state index in [-0.39, 0.29) is 5.69 Å². The van der Waals surface area contributed by atoms with E-state index in [2.05, 4.69) is 5.32 Å². The van der Waals surface area contributed by atoms with Crippen LogP contribution in [-0.4, -0.2) is 22.7 Å². The first-order valence-corrected chi connectivity index (χ1v) is 4.75. The molecule has 72 valence electrons. The van der Waals surface area contributed by atoms with Crippen LogP contribution in [0.15, 0.2) is 17.2 Å². The molecule has 2 rings (SSSR count). The van der Waals surface area contributed by atoms with Gasteiger partial charge in [-0.05, 0) is 19.9 Å². The van der Waals surface area contributed by atoms with Gasteiger partial charge in [-0.3, -0.25) is 9.13 Å². The van der Waals surface area contributed by atoms with Crippen LogP contribution in [0.3, 0.4) is 0 Å². The lowest BCUT2D eigenvalue weighted by Gasteiger charge is -1.99. The molecule has 0 atom stereocenters. The molecule has 1 N–H and O–H groups in total. The first kappa shape index (κ1) is 8.56. The van der Waals surface area contributed by atoms with Crippen molar-refractivity contribution in [1.82, 2.24) is 14.5 Å². The highest BCUT2D eigenvalue weighted by Crippen LogP contribution is 2.33. The summed E-state index contributed by atoms with van der Waals surface area (Å²) >= 11 is 0. The predicted octanol–water partition coefficient (Wildman–Crippen LogP) is 0.204. The van der Waals surface area contributed by atoms with E-state index in [1.165, 1.54) is 0 Å². The van der Waals surface area contributed by atoms with Crippen LogP contribution in [0.25, 0.3) is 0 Å². The molecule has 0 spiro atoms. The molecule has 0 saturated heterocycles. The smallest absolute Gasteiger partial charge is 0.318 e. The summed E-state index contributed by atoms with van der Waals surface area (Å²) in [6.07, 6.45) is 6.10. The van der Waals surface area contributed by atoms with Gasteiger partial charge < -0.3 is 5.32 Å². The zero-order chi connectivity index (χ0) is 9.26. The zero-order valence-electron chi connectivity index (χ0n) is 7.86. The maximum absolute atomic E-state index is 11.7. The lowest BCUT2D eigenvalue weighted by atomic mass is 10.6. The Labute approximate surface area is 77.2 Å². The fourth-order valence-electron chi connectivity index (χ4n) is 1.46. The summed E-state index contributed by atoms with van der Waals surface area (Å²) in [7, 11) is 1.89. The van der Waals surface area contributed by atoms with Crippen molar-refractivity contribution in [2.45, 2.75) is 25.4 Å². The van der Waals surface area contributed by atoms with Crippen LogP contribution >= 0.6 is 0 Å². The summed E-state index contributed by atoms with van der Waals surface area (Å²) in [6, 6.07) is 0.489. The van der Waals surface area contributed by atoms with Crippen LogP contribution < -0.4 is 11.0 Å². The monoisotopic (exact) mass is 181 g/mol. The standard InChI is InChI=1S/C9H15N3O/c1-10-4-5-11-6-7-12(9(11)13)8-2-3-8/h6-8,10H,2-5H2,1H3. The minimum Gasteiger partial charge on any atom is -0.318 e. The highest BCUT2D eigenvalue weighted by Gasteiger charge is 2.25. The molecule has 4 heteroatoms. The Morgan fingerprint density at radius 2 is 2.31 bits per heavy atom. The molecule has 1 aromatic rings. The fraction of sp³-hybridized carbons (Fsp3) is 0.667. The molecule has 1 heterocycles. The van der Waals surface area contributed by atoms with Gasteiger partial charge in [0, 0.05) is 31.5 Å². The van der Waals surface area contributed by atoms with E-state index >= 15 is 0 Å². The first-order valence-electron chi connectivity index (χ1n) is 4.75. The number of aromatic nitrogens is 2. The first-order chi connectivity index (χ1) is 6.33. The lowest BCUT2D eigenvalue weighted by molar-refractivity contribution is 0.596. The van der Waals surface area contributed by atoms with Crippen molar-refractivity contribution in [3.05, 3.63) is 22.9 Å². The third kappa shape index (κ3) is 1.67. The number of rotatable bonds is 4. The van der Waals surface area contributed by atoms with Crippen molar-refractivity contribution in [2.75, 3.05) is 13.6 Å². The summed E-state index contributed by atoms with van der Waals surface area (Å²) in [5.74, 6) is 0. The Bertz CT molecular complexity index is 335. The third-order valence-corrected chi connectivity index (χ3v) is 2.42. The number of hydrogen-bond donors (Lipinski definition) is 1. The summed E-state index contributed by atoms with van der Waals surface area (Å²) in [4.78, 5) is 11.7. The summed E-state index contributed by atoms with van der Waals surface area (Å²) in [6.45, 7) is 1.60. The van der Waals surface area contributed by atoms with Crippen molar-refractivity contribution in [3.8, 4) is 0 Å². The molecule has 13 heavy (non-hydrogen) atoms. The highest BCUT2D eigenvalue weighted by atomic mass is 16.1. The van der Waals surface area contributed by atoms with Crippen LogP contribution in [-0.2, 0) is 6.54 Å². The second kappa shape index (κ2) is 3.38. The Kier molecular flexibility index (Phi) is 2.22. The van der Waals surface area contributed by atoms with Gasteiger partial charge in [0.1, 0.15) is 0 Å². The summed E-state index contributed by atoms with van der Waals surface area (Å²) < 4.78 is 3.60. The normalized spacial score (nSPS) is 16.4. The molecule has 0 radical (unpaired) electrons.